The second-order valence-electron chi connectivity index (χ2n) is 10.6. The molecule has 38 heavy (non-hydrogen) atoms. The summed E-state index contributed by atoms with van der Waals surface area (Å²) in [6.45, 7) is 3.42. The summed E-state index contributed by atoms with van der Waals surface area (Å²) in [7, 11) is 0. The summed E-state index contributed by atoms with van der Waals surface area (Å²) in [6.07, 6.45) is 0.486. The third-order valence-electron chi connectivity index (χ3n) is 7.53. The van der Waals surface area contributed by atoms with Gasteiger partial charge in [-0.3, -0.25) is 9.69 Å². The Morgan fingerprint density at radius 1 is 0.868 bits per heavy atom. The van der Waals surface area contributed by atoms with Gasteiger partial charge in [-0.1, -0.05) is 84.9 Å². The second kappa shape index (κ2) is 9.32. The van der Waals surface area contributed by atoms with Crippen molar-refractivity contribution in [1.29, 1.82) is 0 Å². The van der Waals surface area contributed by atoms with Crippen LogP contribution in [0.1, 0.15) is 48.6 Å². The van der Waals surface area contributed by atoms with E-state index in [1.807, 2.05) is 85.5 Å². The Morgan fingerprint density at radius 2 is 1.50 bits per heavy atom. The van der Waals surface area contributed by atoms with Crippen molar-refractivity contribution in [1.82, 2.24) is 0 Å². The van der Waals surface area contributed by atoms with Crippen LogP contribution in [0.5, 0.6) is 11.5 Å². The van der Waals surface area contributed by atoms with E-state index >= 15 is 4.79 Å². The monoisotopic (exact) mass is 507 g/mol. The molecule has 0 N–H and O–H groups in total. The number of rotatable bonds is 6. The van der Waals surface area contributed by atoms with E-state index < -0.39 is 17.7 Å². The van der Waals surface area contributed by atoms with E-state index in [2.05, 4.69) is 30.3 Å². The van der Waals surface area contributed by atoms with Crippen LogP contribution in [0.3, 0.4) is 0 Å². The van der Waals surface area contributed by atoms with Gasteiger partial charge in [0.25, 0.3) is 0 Å². The maximum absolute atomic E-state index is 15.0. The van der Waals surface area contributed by atoms with E-state index in [1.54, 1.807) is 6.07 Å². The summed E-state index contributed by atoms with van der Waals surface area (Å²) in [4.78, 5) is 17.0. The van der Waals surface area contributed by atoms with Crippen LogP contribution in [0, 0.1) is 0 Å². The first-order valence-electron chi connectivity index (χ1n) is 13.0. The number of carbonyl (C=O) groups is 1. The van der Waals surface area contributed by atoms with E-state index in [0.29, 0.717) is 17.9 Å². The molecule has 0 aliphatic carbocycles. The minimum atomic E-state index is -0.936. The van der Waals surface area contributed by atoms with E-state index in [9.17, 15) is 4.39 Å². The molecule has 0 aromatic heterocycles. The molecule has 0 radical (unpaired) electrons. The fraction of sp³-hybridized carbons (Fsp3) is 0.242. The van der Waals surface area contributed by atoms with Gasteiger partial charge in [0.15, 0.2) is 0 Å². The molecular formula is C33H30FNO3. The van der Waals surface area contributed by atoms with Crippen LogP contribution >= 0.6 is 0 Å². The lowest BCUT2D eigenvalue weighted by Gasteiger charge is -2.44. The third-order valence-corrected chi connectivity index (χ3v) is 7.53. The number of halogens is 1. The lowest BCUT2D eigenvalue weighted by Crippen LogP contribution is -2.51. The van der Waals surface area contributed by atoms with E-state index in [-0.39, 0.29) is 18.6 Å². The molecule has 0 fully saturated rings. The van der Waals surface area contributed by atoms with Crippen LogP contribution in [0.25, 0.3) is 0 Å². The van der Waals surface area contributed by atoms with Crippen LogP contribution in [0.2, 0.25) is 0 Å². The van der Waals surface area contributed by atoms with Crippen LogP contribution in [-0.2, 0) is 10.2 Å². The van der Waals surface area contributed by atoms with Gasteiger partial charge in [0.2, 0.25) is 5.91 Å². The molecule has 2 aliphatic heterocycles. The molecule has 2 aliphatic rings. The predicted molar refractivity (Wildman–Crippen MR) is 147 cm³/mol. The summed E-state index contributed by atoms with van der Waals surface area (Å²) < 4.78 is 24.8. The molecule has 0 saturated carbocycles. The molecule has 192 valence electrons. The zero-order valence-electron chi connectivity index (χ0n) is 21.6. The Hall–Kier alpha value is -4.12. The molecular weight excluding hydrogens is 477 g/mol. The number of amides is 1. The average Bonchev–Trinajstić information content (AvgIpc) is 3.16. The van der Waals surface area contributed by atoms with Crippen LogP contribution in [0.4, 0.5) is 10.1 Å². The van der Waals surface area contributed by atoms with Crippen molar-refractivity contribution in [3.63, 3.8) is 0 Å². The molecule has 1 amide bonds. The Balaban J connectivity index is 1.57. The first-order valence-corrected chi connectivity index (χ1v) is 13.0. The van der Waals surface area contributed by atoms with Gasteiger partial charge in [-0.2, -0.15) is 0 Å². The first kappa shape index (κ1) is 24.2. The van der Waals surface area contributed by atoms with Crippen molar-refractivity contribution < 1.29 is 18.7 Å². The number of anilines is 1. The van der Waals surface area contributed by atoms with E-state index in [0.717, 1.165) is 27.9 Å². The first-order chi connectivity index (χ1) is 18.4. The Kier molecular flexibility index (Phi) is 5.94. The van der Waals surface area contributed by atoms with E-state index in [1.165, 1.54) is 0 Å². The normalized spacial score (nSPS) is 19.3. The molecule has 2 heterocycles. The van der Waals surface area contributed by atoms with Crippen molar-refractivity contribution in [3.05, 3.63) is 125 Å². The lowest BCUT2D eigenvalue weighted by molar-refractivity contribution is -0.124. The molecule has 1 atom stereocenters. The number of para-hydroxylation sites is 1. The van der Waals surface area contributed by atoms with Crippen molar-refractivity contribution in [2.24, 2.45) is 0 Å². The minimum Gasteiger partial charge on any atom is -0.491 e. The molecule has 6 rings (SSSR count). The smallest absolute Gasteiger partial charge is 0.243 e. The SMILES string of the molecule is CC1(C)CC2(C(=O)N(C(c3ccccc3)c3ccccc3)c3ccccc32)c2ccc(OCCF)cc2O1. The van der Waals surface area contributed by atoms with Crippen molar-refractivity contribution in [2.45, 2.75) is 37.3 Å². The summed E-state index contributed by atoms with van der Waals surface area (Å²) in [5.74, 6) is 1.14. The molecule has 0 saturated heterocycles. The van der Waals surface area contributed by atoms with Gasteiger partial charge in [0.1, 0.15) is 35.8 Å². The van der Waals surface area contributed by atoms with Gasteiger partial charge in [0.05, 0.1) is 6.04 Å². The van der Waals surface area contributed by atoms with Gasteiger partial charge in [-0.05, 0) is 42.7 Å². The Bertz CT molecular complexity index is 1430. The quantitative estimate of drug-likeness (QED) is 0.282. The highest BCUT2D eigenvalue weighted by Gasteiger charge is 2.59. The number of alkyl halides is 1. The fourth-order valence-corrected chi connectivity index (χ4v) is 6.18. The third kappa shape index (κ3) is 3.85. The number of ether oxygens (including phenoxy) is 2. The fourth-order valence-electron chi connectivity index (χ4n) is 6.18. The molecule has 5 heteroatoms. The standard InChI is InChI=1S/C33H30FNO3/c1-32(2)22-33(27-18-17-25(37-20-19-34)21-29(27)38-32)26-15-9-10-16-28(26)35(31(33)36)30(23-11-5-3-6-12-23)24-13-7-4-8-14-24/h3-18,21,30H,19-20,22H2,1-2H3. The second-order valence-corrected chi connectivity index (χ2v) is 10.6. The number of hydrogen-bond acceptors (Lipinski definition) is 3. The van der Waals surface area contributed by atoms with Gasteiger partial charge in [-0.25, -0.2) is 4.39 Å². The average molecular weight is 508 g/mol. The number of nitrogens with zero attached hydrogens (tertiary/aromatic N) is 1. The predicted octanol–water partition coefficient (Wildman–Crippen LogP) is 7.02. The maximum atomic E-state index is 15.0. The molecule has 4 nitrogen and oxygen atoms in total. The van der Waals surface area contributed by atoms with Crippen LogP contribution < -0.4 is 14.4 Å². The Labute approximate surface area is 222 Å². The lowest BCUT2D eigenvalue weighted by atomic mass is 9.67. The van der Waals surface area contributed by atoms with Gasteiger partial charge in [0, 0.05) is 23.7 Å². The Morgan fingerprint density at radius 3 is 2.16 bits per heavy atom. The topological polar surface area (TPSA) is 38.8 Å². The summed E-state index contributed by atoms with van der Waals surface area (Å²) >= 11 is 0. The highest BCUT2D eigenvalue weighted by atomic mass is 19.1. The highest BCUT2D eigenvalue weighted by molar-refractivity contribution is 6.12. The molecule has 1 unspecified atom stereocenters. The van der Waals surface area contributed by atoms with Crippen molar-refractivity contribution >= 4 is 11.6 Å². The zero-order chi connectivity index (χ0) is 26.3. The molecule has 4 aromatic rings. The summed E-state index contributed by atoms with van der Waals surface area (Å²) in [5, 5.41) is 0. The van der Waals surface area contributed by atoms with Gasteiger partial charge in [-0.15, -0.1) is 0 Å². The van der Waals surface area contributed by atoms with Crippen molar-refractivity contribution in [3.8, 4) is 11.5 Å². The van der Waals surface area contributed by atoms with Crippen LogP contribution in [-0.4, -0.2) is 24.8 Å². The number of hydrogen-bond donors (Lipinski definition) is 0. The molecule has 0 bridgehead atoms. The van der Waals surface area contributed by atoms with E-state index in [4.69, 9.17) is 9.47 Å². The highest BCUT2D eigenvalue weighted by Crippen LogP contribution is 2.58. The van der Waals surface area contributed by atoms with Crippen molar-refractivity contribution in [2.75, 3.05) is 18.2 Å². The number of carbonyl (C=O) groups excluding carboxylic acids is 1. The minimum absolute atomic E-state index is 0.0199. The number of fused-ring (bicyclic) bond motifs is 4. The maximum Gasteiger partial charge on any atom is 0.243 e. The van der Waals surface area contributed by atoms with Gasteiger partial charge < -0.3 is 9.47 Å². The van der Waals surface area contributed by atoms with Crippen LogP contribution in [0.15, 0.2) is 103 Å². The summed E-state index contributed by atoms with van der Waals surface area (Å²) in [5.41, 5.74) is 3.20. The molecule has 1 spiro atoms. The largest absolute Gasteiger partial charge is 0.491 e. The number of benzene rings is 4. The summed E-state index contributed by atoms with van der Waals surface area (Å²) in [6, 6.07) is 33.7. The zero-order valence-corrected chi connectivity index (χ0v) is 21.6. The molecule has 4 aromatic carbocycles. The van der Waals surface area contributed by atoms with Gasteiger partial charge >= 0.3 is 0 Å².